The Kier molecular flexibility index (Phi) is 4.33. The molecule has 1 fully saturated rings. The lowest BCUT2D eigenvalue weighted by Crippen LogP contribution is -2.52. The van der Waals surface area contributed by atoms with Gasteiger partial charge in [-0.2, -0.15) is 0 Å². The number of aliphatic imine (C=N–C) groups is 1. The summed E-state index contributed by atoms with van der Waals surface area (Å²) in [6.45, 7) is 0.638. The van der Waals surface area contributed by atoms with Crippen LogP contribution in [0.3, 0.4) is 0 Å². The number of fused-ring (bicyclic) bond motifs is 2. The van der Waals surface area contributed by atoms with Crippen LogP contribution >= 0.6 is 0 Å². The maximum Gasteiger partial charge on any atom is 0.322 e. The third kappa shape index (κ3) is 2.98. The van der Waals surface area contributed by atoms with E-state index in [1.165, 1.54) is 12.0 Å². The number of amides is 4. The molecule has 3 aliphatic rings. The second-order valence-electron chi connectivity index (χ2n) is 7.90. The zero-order valence-electron chi connectivity index (χ0n) is 16.8. The number of methoxy groups -OCH3 is 1. The largest absolute Gasteiger partial charge is 0.497 e. The highest BCUT2D eigenvalue weighted by molar-refractivity contribution is 6.08. The summed E-state index contributed by atoms with van der Waals surface area (Å²) in [6, 6.07) is 6.26. The number of hydrogen-bond acceptors (Lipinski definition) is 7. The molecule has 160 valence electrons. The van der Waals surface area contributed by atoms with Crippen LogP contribution in [-0.2, 0) is 23.3 Å². The minimum atomic E-state index is -1.55. The first-order valence-corrected chi connectivity index (χ1v) is 9.90. The number of ether oxygens (including phenoxy) is 1. The maximum absolute atomic E-state index is 13.0. The zero-order chi connectivity index (χ0) is 21.8. The molecule has 4 amide bonds. The van der Waals surface area contributed by atoms with Crippen molar-refractivity contribution in [1.29, 1.82) is 0 Å². The quantitative estimate of drug-likeness (QED) is 0.608. The number of rotatable bonds is 5. The third-order valence-corrected chi connectivity index (χ3v) is 5.95. The first-order chi connectivity index (χ1) is 14.9. The Morgan fingerprint density at radius 3 is 2.87 bits per heavy atom. The molecule has 1 aromatic carbocycles. The van der Waals surface area contributed by atoms with Gasteiger partial charge in [-0.15, -0.1) is 0 Å². The van der Waals surface area contributed by atoms with Crippen LogP contribution in [0.5, 0.6) is 5.75 Å². The van der Waals surface area contributed by atoms with Gasteiger partial charge >= 0.3 is 6.03 Å². The number of hydrogen-bond donors (Lipinski definition) is 3. The smallest absolute Gasteiger partial charge is 0.322 e. The number of carbonyl (C=O) groups excluding carboxylic acids is 3. The minimum absolute atomic E-state index is 0.0408. The summed E-state index contributed by atoms with van der Waals surface area (Å²) < 4.78 is 11.2. The summed E-state index contributed by atoms with van der Waals surface area (Å²) >= 11 is 0. The molecule has 10 nitrogen and oxygen atoms in total. The molecule has 31 heavy (non-hydrogen) atoms. The van der Waals surface area contributed by atoms with Crippen LogP contribution in [0.4, 0.5) is 10.5 Å². The Morgan fingerprint density at radius 1 is 1.32 bits per heavy atom. The maximum atomic E-state index is 13.0. The van der Waals surface area contributed by atoms with Gasteiger partial charge in [0.05, 0.1) is 13.7 Å². The second-order valence-corrected chi connectivity index (χ2v) is 7.90. The molecular formula is C21H21N5O5. The van der Waals surface area contributed by atoms with E-state index in [1.807, 2.05) is 6.07 Å². The van der Waals surface area contributed by atoms with Crippen LogP contribution in [0.2, 0.25) is 0 Å². The van der Waals surface area contributed by atoms with E-state index in [0.717, 1.165) is 5.56 Å². The van der Waals surface area contributed by atoms with Crippen molar-refractivity contribution < 1.29 is 23.5 Å². The van der Waals surface area contributed by atoms with Gasteiger partial charge in [0, 0.05) is 43.3 Å². The Hall–Kier alpha value is -3.66. The molecule has 0 radical (unpaired) electrons. The highest BCUT2D eigenvalue weighted by atomic mass is 16.5. The van der Waals surface area contributed by atoms with E-state index in [1.54, 1.807) is 24.4 Å². The van der Waals surface area contributed by atoms with Crippen molar-refractivity contribution in [1.82, 2.24) is 15.5 Å². The van der Waals surface area contributed by atoms with E-state index >= 15 is 0 Å². The summed E-state index contributed by atoms with van der Waals surface area (Å²) in [5, 5.41) is 4.95. The zero-order valence-corrected chi connectivity index (χ0v) is 16.8. The van der Waals surface area contributed by atoms with Gasteiger partial charge < -0.3 is 25.1 Å². The number of imide groups is 1. The Morgan fingerprint density at radius 2 is 2.16 bits per heavy atom. The van der Waals surface area contributed by atoms with Gasteiger partial charge in [0.1, 0.15) is 23.0 Å². The average molecular weight is 423 g/mol. The fraction of sp³-hybridized carbons (Fsp3) is 0.333. The average Bonchev–Trinajstić information content (AvgIpc) is 3.41. The second kappa shape index (κ2) is 6.95. The molecular weight excluding hydrogens is 402 g/mol. The topological polar surface area (TPSA) is 139 Å². The Balaban J connectivity index is 1.50. The molecule has 5 rings (SSSR count). The van der Waals surface area contributed by atoms with Gasteiger partial charge in [0.2, 0.25) is 0 Å². The number of nitrogens with one attached hydrogen (secondary N) is 2. The number of nitrogens with two attached hydrogens (primary N) is 1. The SMILES string of the molecule is COc1ccc2c(c1)C(=O)N(CC1(c3cc4c(o3)CC(CN)C=N4)NC(=O)NC1=O)C2. The van der Waals surface area contributed by atoms with E-state index in [0.29, 0.717) is 42.3 Å². The fourth-order valence-corrected chi connectivity index (χ4v) is 4.24. The van der Waals surface area contributed by atoms with E-state index in [4.69, 9.17) is 14.9 Å². The molecule has 4 heterocycles. The van der Waals surface area contributed by atoms with Gasteiger partial charge in [-0.3, -0.25) is 19.9 Å². The number of carbonyl (C=O) groups is 3. The van der Waals surface area contributed by atoms with Gasteiger partial charge in [-0.05, 0) is 17.7 Å². The molecule has 4 N–H and O–H groups in total. The van der Waals surface area contributed by atoms with Crippen molar-refractivity contribution >= 4 is 29.7 Å². The summed E-state index contributed by atoms with van der Waals surface area (Å²) in [5.41, 5.74) is 6.10. The molecule has 10 heteroatoms. The molecule has 0 aliphatic carbocycles. The molecule has 0 bridgehead atoms. The molecule has 0 spiro atoms. The van der Waals surface area contributed by atoms with Crippen LogP contribution < -0.4 is 21.1 Å². The van der Waals surface area contributed by atoms with E-state index in [9.17, 15) is 14.4 Å². The predicted octanol–water partition coefficient (Wildman–Crippen LogP) is 0.812. The first-order valence-electron chi connectivity index (χ1n) is 9.90. The lowest BCUT2D eigenvalue weighted by atomic mass is 9.95. The van der Waals surface area contributed by atoms with E-state index in [-0.39, 0.29) is 24.1 Å². The highest BCUT2D eigenvalue weighted by Crippen LogP contribution is 2.38. The standard InChI is InChI=1S/C21H21N5O5/c1-30-13-3-2-12-9-26(18(27)14(12)5-13)10-21(19(28)24-20(29)25-21)17-6-15-16(31-17)4-11(7-22)8-23-15/h2-3,5-6,8,11H,4,7,9-10,22H2,1H3,(H2,24,25,28,29). The first kappa shape index (κ1) is 19.3. The van der Waals surface area contributed by atoms with Crippen molar-refractivity contribution in [3.05, 3.63) is 46.9 Å². The van der Waals surface area contributed by atoms with Gasteiger partial charge in [0.15, 0.2) is 5.54 Å². The number of nitrogens with zero attached hydrogens (tertiary/aromatic N) is 2. The number of furan rings is 1. The lowest BCUT2D eigenvalue weighted by molar-refractivity contribution is -0.125. The molecule has 1 saturated heterocycles. The number of benzene rings is 1. The lowest BCUT2D eigenvalue weighted by Gasteiger charge is -2.29. The Labute approximate surface area is 177 Å². The molecule has 3 aliphatic heterocycles. The minimum Gasteiger partial charge on any atom is -0.497 e. The third-order valence-electron chi connectivity index (χ3n) is 5.95. The van der Waals surface area contributed by atoms with E-state index < -0.39 is 17.5 Å². The van der Waals surface area contributed by atoms with Crippen LogP contribution in [0.1, 0.15) is 27.4 Å². The van der Waals surface area contributed by atoms with Gasteiger partial charge in [-0.25, -0.2) is 4.79 Å². The van der Waals surface area contributed by atoms with Crippen molar-refractivity contribution in [3.8, 4) is 5.75 Å². The molecule has 2 aromatic rings. The fourth-order valence-electron chi connectivity index (χ4n) is 4.24. The summed E-state index contributed by atoms with van der Waals surface area (Å²) in [7, 11) is 1.53. The van der Waals surface area contributed by atoms with Crippen molar-refractivity contribution in [2.45, 2.75) is 18.5 Å². The number of urea groups is 1. The van der Waals surface area contributed by atoms with Crippen LogP contribution in [0.15, 0.2) is 33.7 Å². The summed E-state index contributed by atoms with van der Waals surface area (Å²) in [6.07, 6.45) is 2.31. The van der Waals surface area contributed by atoms with Crippen LogP contribution in [0, 0.1) is 5.92 Å². The van der Waals surface area contributed by atoms with E-state index in [2.05, 4.69) is 15.6 Å². The predicted molar refractivity (Wildman–Crippen MR) is 109 cm³/mol. The molecule has 2 unspecified atom stereocenters. The Bertz CT molecular complexity index is 1140. The normalized spacial score (nSPS) is 24.1. The highest BCUT2D eigenvalue weighted by Gasteiger charge is 2.53. The monoisotopic (exact) mass is 423 g/mol. The van der Waals surface area contributed by atoms with Crippen molar-refractivity contribution in [3.63, 3.8) is 0 Å². The summed E-state index contributed by atoms with van der Waals surface area (Å²) in [4.78, 5) is 44.0. The van der Waals surface area contributed by atoms with Crippen molar-refractivity contribution in [2.75, 3.05) is 20.2 Å². The van der Waals surface area contributed by atoms with Gasteiger partial charge in [-0.1, -0.05) is 6.07 Å². The molecule has 1 aromatic heterocycles. The van der Waals surface area contributed by atoms with Crippen LogP contribution in [0.25, 0.3) is 0 Å². The van der Waals surface area contributed by atoms with Crippen molar-refractivity contribution in [2.24, 2.45) is 16.6 Å². The molecule has 0 saturated carbocycles. The molecule has 2 atom stereocenters. The van der Waals surface area contributed by atoms with Gasteiger partial charge in [0.25, 0.3) is 11.8 Å². The van der Waals surface area contributed by atoms with Crippen LogP contribution in [-0.4, -0.2) is 49.2 Å². The summed E-state index contributed by atoms with van der Waals surface area (Å²) in [5.74, 6) is 0.615.